The second-order valence-electron chi connectivity index (χ2n) is 3.86. The standard InChI is InChI=1S/C13H17N3O3S/c1-5-14-13-16-15-12(20-13)8-6-9(17-2)11(19-4)10(7-8)18-3/h6-7H,5H2,1-4H3,(H,14,16). The lowest BCUT2D eigenvalue weighted by Gasteiger charge is -2.12. The monoisotopic (exact) mass is 295 g/mol. The zero-order chi connectivity index (χ0) is 14.5. The molecule has 2 aromatic rings. The zero-order valence-electron chi connectivity index (χ0n) is 11.9. The van der Waals surface area contributed by atoms with Crippen LogP contribution < -0.4 is 19.5 Å². The molecule has 0 aliphatic carbocycles. The van der Waals surface area contributed by atoms with Gasteiger partial charge in [0, 0.05) is 12.1 Å². The number of benzene rings is 1. The van der Waals surface area contributed by atoms with Crippen molar-refractivity contribution >= 4 is 16.5 Å². The van der Waals surface area contributed by atoms with Crippen molar-refractivity contribution in [2.75, 3.05) is 33.2 Å². The fraction of sp³-hybridized carbons (Fsp3) is 0.385. The van der Waals surface area contributed by atoms with Gasteiger partial charge in [0.2, 0.25) is 10.9 Å². The SMILES string of the molecule is CCNc1nnc(-c2cc(OC)c(OC)c(OC)c2)s1. The van der Waals surface area contributed by atoms with Crippen LogP contribution in [0.1, 0.15) is 6.92 Å². The molecule has 0 saturated carbocycles. The molecule has 0 fully saturated rings. The van der Waals surface area contributed by atoms with Gasteiger partial charge in [0.05, 0.1) is 21.3 Å². The van der Waals surface area contributed by atoms with Crippen molar-refractivity contribution in [2.45, 2.75) is 6.92 Å². The van der Waals surface area contributed by atoms with Crippen LogP contribution in [-0.2, 0) is 0 Å². The molecule has 1 heterocycles. The Morgan fingerprint density at radius 2 is 1.70 bits per heavy atom. The lowest BCUT2D eigenvalue weighted by atomic mass is 10.2. The van der Waals surface area contributed by atoms with Gasteiger partial charge in [0.25, 0.3) is 0 Å². The van der Waals surface area contributed by atoms with Gasteiger partial charge >= 0.3 is 0 Å². The molecule has 6 nitrogen and oxygen atoms in total. The van der Waals surface area contributed by atoms with Crippen molar-refractivity contribution in [3.8, 4) is 27.8 Å². The largest absolute Gasteiger partial charge is 0.493 e. The number of anilines is 1. The number of hydrogen-bond donors (Lipinski definition) is 1. The first-order valence-corrected chi connectivity index (χ1v) is 6.92. The maximum absolute atomic E-state index is 5.33. The molecule has 2 rings (SSSR count). The zero-order valence-corrected chi connectivity index (χ0v) is 12.7. The molecule has 108 valence electrons. The van der Waals surface area contributed by atoms with Gasteiger partial charge in [0.1, 0.15) is 5.01 Å². The predicted octanol–water partition coefficient (Wildman–Crippen LogP) is 2.66. The Balaban J connectivity index is 2.45. The quantitative estimate of drug-likeness (QED) is 0.884. The molecule has 1 aromatic carbocycles. The molecule has 0 aliphatic rings. The number of nitrogens with zero attached hydrogens (tertiary/aromatic N) is 2. The van der Waals surface area contributed by atoms with Crippen LogP contribution in [0, 0.1) is 0 Å². The first-order chi connectivity index (χ1) is 9.73. The van der Waals surface area contributed by atoms with E-state index in [1.807, 2.05) is 19.1 Å². The molecule has 7 heteroatoms. The van der Waals surface area contributed by atoms with E-state index in [1.165, 1.54) is 11.3 Å². The number of methoxy groups -OCH3 is 3. The third-order valence-electron chi connectivity index (χ3n) is 2.66. The minimum absolute atomic E-state index is 0.565. The Kier molecular flexibility index (Phi) is 4.62. The summed E-state index contributed by atoms with van der Waals surface area (Å²) in [5, 5.41) is 13.0. The molecule has 0 atom stereocenters. The number of ether oxygens (including phenoxy) is 3. The van der Waals surface area contributed by atoms with Crippen molar-refractivity contribution < 1.29 is 14.2 Å². The first kappa shape index (κ1) is 14.4. The Labute approximate surface area is 121 Å². The Morgan fingerprint density at radius 1 is 1.05 bits per heavy atom. The lowest BCUT2D eigenvalue weighted by molar-refractivity contribution is 0.324. The highest BCUT2D eigenvalue weighted by Crippen LogP contribution is 2.41. The van der Waals surface area contributed by atoms with Crippen LogP contribution in [0.15, 0.2) is 12.1 Å². The fourth-order valence-corrected chi connectivity index (χ4v) is 2.57. The van der Waals surface area contributed by atoms with Gasteiger partial charge in [-0.2, -0.15) is 0 Å². The molecular formula is C13H17N3O3S. The highest BCUT2D eigenvalue weighted by Gasteiger charge is 2.16. The van der Waals surface area contributed by atoms with Gasteiger partial charge in [-0.25, -0.2) is 0 Å². The van der Waals surface area contributed by atoms with Crippen molar-refractivity contribution in [2.24, 2.45) is 0 Å². The van der Waals surface area contributed by atoms with Crippen LogP contribution in [0.5, 0.6) is 17.2 Å². The number of aromatic nitrogens is 2. The third kappa shape index (κ3) is 2.77. The summed E-state index contributed by atoms with van der Waals surface area (Å²) in [6.07, 6.45) is 0. The molecule has 20 heavy (non-hydrogen) atoms. The van der Waals surface area contributed by atoms with Gasteiger partial charge in [-0.1, -0.05) is 11.3 Å². The molecule has 1 aromatic heterocycles. The maximum Gasteiger partial charge on any atom is 0.205 e. The van der Waals surface area contributed by atoms with Gasteiger partial charge in [-0.3, -0.25) is 0 Å². The Bertz CT molecular complexity index is 561. The average molecular weight is 295 g/mol. The molecule has 0 spiro atoms. The third-order valence-corrected chi connectivity index (χ3v) is 3.59. The first-order valence-electron chi connectivity index (χ1n) is 6.11. The molecular weight excluding hydrogens is 278 g/mol. The van der Waals surface area contributed by atoms with Crippen LogP contribution >= 0.6 is 11.3 Å². The predicted molar refractivity (Wildman–Crippen MR) is 79.2 cm³/mol. The second kappa shape index (κ2) is 6.42. The average Bonchev–Trinajstić information content (AvgIpc) is 2.94. The van der Waals surface area contributed by atoms with E-state index < -0.39 is 0 Å². The van der Waals surface area contributed by atoms with E-state index in [9.17, 15) is 0 Å². The fourth-order valence-electron chi connectivity index (χ4n) is 1.77. The van der Waals surface area contributed by atoms with E-state index in [0.717, 1.165) is 22.2 Å². The van der Waals surface area contributed by atoms with Gasteiger partial charge < -0.3 is 19.5 Å². The molecule has 0 amide bonds. The second-order valence-corrected chi connectivity index (χ2v) is 4.83. The van der Waals surface area contributed by atoms with Gasteiger partial charge in [-0.05, 0) is 19.1 Å². The summed E-state index contributed by atoms with van der Waals surface area (Å²) in [4.78, 5) is 0. The van der Waals surface area contributed by atoms with E-state index in [4.69, 9.17) is 14.2 Å². The smallest absolute Gasteiger partial charge is 0.205 e. The summed E-state index contributed by atoms with van der Waals surface area (Å²) in [7, 11) is 4.75. The highest BCUT2D eigenvalue weighted by atomic mass is 32.1. The van der Waals surface area contributed by atoms with Crippen LogP contribution in [-0.4, -0.2) is 38.1 Å². The van der Waals surface area contributed by atoms with E-state index in [1.54, 1.807) is 21.3 Å². The number of nitrogens with one attached hydrogen (secondary N) is 1. The summed E-state index contributed by atoms with van der Waals surface area (Å²) < 4.78 is 16.0. The van der Waals surface area contributed by atoms with Crippen molar-refractivity contribution in [1.29, 1.82) is 0 Å². The van der Waals surface area contributed by atoms with Crippen molar-refractivity contribution in [3.05, 3.63) is 12.1 Å². The number of hydrogen-bond acceptors (Lipinski definition) is 7. The summed E-state index contributed by atoms with van der Waals surface area (Å²) in [6, 6.07) is 3.72. The van der Waals surface area contributed by atoms with Crippen molar-refractivity contribution in [1.82, 2.24) is 10.2 Å². The van der Waals surface area contributed by atoms with E-state index in [-0.39, 0.29) is 0 Å². The van der Waals surface area contributed by atoms with Crippen LogP contribution in [0.3, 0.4) is 0 Å². The molecule has 0 unspecified atom stereocenters. The molecule has 1 N–H and O–H groups in total. The lowest BCUT2D eigenvalue weighted by Crippen LogP contribution is -1.95. The Morgan fingerprint density at radius 3 is 2.20 bits per heavy atom. The van der Waals surface area contributed by atoms with E-state index in [2.05, 4.69) is 15.5 Å². The van der Waals surface area contributed by atoms with E-state index >= 15 is 0 Å². The summed E-state index contributed by atoms with van der Waals surface area (Å²) in [6.45, 7) is 2.82. The Hall–Kier alpha value is -2.02. The maximum atomic E-state index is 5.33. The van der Waals surface area contributed by atoms with Crippen LogP contribution in [0.2, 0.25) is 0 Å². The topological polar surface area (TPSA) is 65.5 Å². The molecule has 0 saturated heterocycles. The normalized spacial score (nSPS) is 10.2. The summed E-state index contributed by atoms with van der Waals surface area (Å²) in [5.74, 6) is 1.76. The van der Waals surface area contributed by atoms with Gasteiger partial charge in [0.15, 0.2) is 11.5 Å². The highest BCUT2D eigenvalue weighted by molar-refractivity contribution is 7.18. The van der Waals surface area contributed by atoms with Crippen LogP contribution in [0.25, 0.3) is 10.6 Å². The van der Waals surface area contributed by atoms with Crippen LogP contribution in [0.4, 0.5) is 5.13 Å². The van der Waals surface area contributed by atoms with Gasteiger partial charge in [-0.15, -0.1) is 10.2 Å². The minimum Gasteiger partial charge on any atom is -0.493 e. The van der Waals surface area contributed by atoms with Crippen molar-refractivity contribution in [3.63, 3.8) is 0 Å². The molecule has 0 radical (unpaired) electrons. The molecule has 0 bridgehead atoms. The summed E-state index contributed by atoms with van der Waals surface area (Å²) in [5.41, 5.74) is 0.876. The summed E-state index contributed by atoms with van der Waals surface area (Å²) >= 11 is 1.48. The minimum atomic E-state index is 0.565. The van der Waals surface area contributed by atoms with E-state index in [0.29, 0.717) is 17.2 Å². The number of rotatable bonds is 6. The molecule has 0 aliphatic heterocycles.